The average molecular weight is 319 g/mol. The van der Waals surface area contributed by atoms with Crippen LogP contribution in [-0.4, -0.2) is 56.4 Å². The second kappa shape index (κ2) is 8.18. The molecule has 2 aromatic heterocycles. The summed E-state index contributed by atoms with van der Waals surface area (Å²) in [5.41, 5.74) is 0.779. The molecule has 0 saturated heterocycles. The van der Waals surface area contributed by atoms with Gasteiger partial charge in [-0.2, -0.15) is 0 Å². The highest BCUT2D eigenvalue weighted by Crippen LogP contribution is 2.15. The number of nitrogens with one attached hydrogen (secondary N) is 1. The number of carbonyl (C=O) groups is 1. The molecular weight excluding hydrogens is 298 g/mol. The predicted molar refractivity (Wildman–Crippen MR) is 82.3 cm³/mol. The third-order valence-corrected chi connectivity index (χ3v) is 3.56. The summed E-state index contributed by atoms with van der Waals surface area (Å²) in [6, 6.07) is 1.41. The van der Waals surface area contributed by atoms with Gasteiger partial charge in [0.1, 0.15) is 12.7 Å². The highest BCUT2D eigenvalue weighted by atomic mass is 16.5. The van der Waals surface area contributed by atoms with E-state index < -0.39 is 0 Å². The zero-order valence-electron chi connectivity index (χ0n) is 13.5. The third-order valence-electron chi connectivity index (χ3n) is 3.56. The lowest BCUT2D eigenvalue weighted by atomic mass is 10.2. The lowest BCUT2D eigenvalue weighted by molar-refractivity contribution is 0.185. The van der Waals surface area contributed by atoms with Crippen LogP contribution in [0.1, 0.15) is 24.5 Å². The van der Waals surface area contributed by atoms with Crippen LogP contribution in [0.25, 0.3) is 0 Å². The number of aromatic nitrogens is 5. The van der Waals surface area contributed by atoms with Crippen molar-refractivity contribution in [3.8, 4) is 0 Å². The van der Waals surface area contributed by atoms with Gasteiger partial charge in [-0.3, -0.25) is 0 Å². The molecule has 0 aromatic carbocycles. The van der Waals surface area contributed by atoms with Crippen molar-refractivity contribution in [1.29, 1.82) is 0 Å². The average Bonchev–Trinajstić information content (AvgIpc) is 3.04. The molecule has 1 unspecified atom stereocenters. The van der Waals surface area contributed by atoms with Crippen LogP contribution in [0.5, 0.6) is 0 Å². The lowest BCUT2D eigenvalue weighted by Crippen LogP contribution is -2.39. The van der Waals surface area contributed by atoms with Crippen molar-refractivity contribution in [3.63, 3.8) is 0 Å². The Morgan fingerprint density at radius 2 is 2.35 bits per heavy atom. The van der Waals surface area contributed by atoms with Gasteiger partial charge in [-0.25, -0.2) is 14.8 Å². The fraction of sp³-hybridized carbons (Fsp3) is 0.500. The summed E-state index contributed by atoms with van der Waals surface area (Å²) in [7, 11) is 3.35. The smallest absolute Gasteiger partial charge is 0.318 e. The van der Waals surface area contributed by atoms with Crippen LogP contribution in [0.2, 0.25) is 0 Å². The van der Waals surface area contributed by atoms with Crippen molar-refractivity contribution < 1.29 is 9.53 Å². The van der Waals surface area contributed by atoms with Crippen LogP contribution >= 0.6 is 0 Å². The van der Waals surface area contributed by atoms with Crippen molar-refractivity contribution in [2.24, 2.45) is 0 Å². The van der Waals surface area contributed by atoms with E-state index in [2.05, 4.69) is 25.5 Å². The Labute approximate surface area is 134 Å². The van der Waals surface area contributed by atoms with Gasteiger partial charge in [0.25, 0.3) is 0 Å². The van der Waals surface area contributed by atoms with Crippen LogP contribution in [0, 0.1) is 0 Å². The molecule has 2 aromatic rings. The Balaban J connectivity index is 1.90. The minimum atomic E-state index is -0.211. The van der Waals surface area contributed by atoms with Gasteiger partial charge in [-0.15, -0.1) is 10.2 Å². The molecule has 0 fully saturated rings. The second-order valence-corrected chi connectivity index (χ2v) is 5.01. The Hall–Kier alpha value is -2.55. The number of hydrogen-bond donors (Lipinski definition) is 1. The standard InChI is InChI=1S/C14H21N7O2/c1-11(12-4-5-15-9-17-12)20(2)14(22)16-8-13-19-18-10-21(13)6-7-23-3/h4-5,9-11H,6-8H2,1-3H3,(H,16,22). The Kier molecular flexibility index (Phi) is 5.98. The second-order valence-electron chi connectivity index (χ2n) is 5.01. The fourth-order valence-corrected chi connectivity index (χ4v) is 1.99. The van der Waals surface area contributed by atoms with E-state index in [-0.39, 0.29) is 12.1 Å². The summed E-state index contributed by atoms with van der Waals surface area (Å²) in [6.07, 6.45) is 4.74. The number of nitrogens with zero attached hydrogens (tertiary/aromatic N) is 6. The monoisotopic (exact) mass is 319 g/mol. The molecule has 1 N–H and O–H groups in total. The van der Waals surface area contributed by atoms with Crippen LogP contribution in [0.3, 0.4) is 0 Å². The summed E-state index contributed by atoms with van der Waals surface area (Å²) >= 11 is 0. The first-order chi connectivity index (χ1) is 11.1. The maximum absolute atomic E-state index is 12.3. The molecule has 2 heterocycles. The molecule has 124 valence electrons. The highest BCUT2D eigenvalue weighted by molar-refractivity contribution is 5.74. The Morgan fingerprint density at radius 3 is 3.04 bits per heavy atom. The molecule has 0 radical (unpaired) electrons. The first-order valence-electron chi connectivity index (χ1n) is 7.25. The van der Waals surface area contributed by atoms with Gasteiger partial charge in [0, 0.05) is 26.9 Å². The minimum absolute atomic E-state index is 0.163. The lowest BCUT2D eigenvalue weighted by Gasteiger charge is -2.24. The van der Waals surface area contributed by atoms with Crippen molar-refractivity contribution in [2.45, 2.75) is 26.1 Å². The molecule has 23 heavy (non-hydrogen) atoms. The summed E-state index contributed by atoms with van der Waals surface area (Å²) in [5, 5.41) is 10.7. The van der Waals surface area contributed by atoms with Gasteiger partial charge in [0.2, 0.25) is 0 Å². The first-order valence-corrected chi connectivity index (χ1v) is 7.25. The molecular formula is C14H21N7O2. The number of rotatable bonds is 7. The zero-order valence-corrected chi connectivity index (χ0v) is 13.5. The molecule has 0 aliphatic rings. The van der Waals surface area contributed by atoms with Crippen molar-refractivity contribution in [3.05, 3.63) is 36.4 Å². The quantitative estimate of drug-likeness (QED) is 0.803. The predicted octanol–water partition coefficient (Wildman–Crippen LogP) is 0.617. The van der Waals surface area contributed by atoms with Crippen LogP contribution in [0.4, 0.5) is 4.79 Å². The largest absolute Gasteiger partial charge is 0.383 e. The molecule has 0 aliphatic carbocycles. The number of amides is 2. The highest BCUT2D eigenvalue weighted by Gasteiger charge is 2.18. The van der Waals surface area contributed by atoms with Gasteiger partial charge < -0.3 is 19.5 Å². The van der Waals surface area contributed by atoms with Gasteiger partial charge in [0.05, 0.1) is 24.9 Å². The maximum atomic E-state index is 12.3. The minimum Gasteiger partial charge on any atom is -0.383 e. The Morgan fingerprint density at radius 1 is 1.52 bits per heavy atom. The van der Waals surface area contributed by atoms with E-state index in [1.807, 2.05) is 11.5 Å². The first kappa shape index (κ1) is 16.8. The Bertz CT molecular complexity index is 617. The summed E-state index contributed by atoms with van der Waals surface area (Å²) in [5.74, 6) is 0.679. The van der Waals surface area contributed by atoms with Crippen LogP contribution in [0.15, 0.2) is 24.9 Å². The SMILES string of the molecule is COCCn1cnnc1CNC(=O)N(C)C(C)c1ccncn1. The molecule has 2 rings (SSSR count). The summed E-state index contributed by atoms with van der Waals surface area (Å²) in [6.45, 7) is 3.40. The number of carbonyl (C=O) groups excluding carboxylic acids is 1. The molecule has 1 atom stereocenters. The van der Waals surface area contributed by atoms with Crippen LogP contribution < -0.4 is 5.32 Å². The molecule has 9 nitrogen and oxygen atoms in total. The van der Waals surface area contributed by atoms with E-state index in [1.54, 1.807) is 37.6 Å². The van der Waals surface area contributed by atoms with Crippen molar-refractivity contribution in [1.82, 2.24) is 34.9 Å². The maximum Gasteiger partial charge on any atom is 0.318 e. The van der Waals surface area contributed by atoms with E-state index in [9.17, 15) is 4.79 Å². The number of methoxy groups -OCH3 is 1. The molecule has 9 heteroatoms. The van der Waals surface area contributed by atoms with Gasteiger partial charge in [-0.05, 0) is 13.0 Å². The molecule has 0 saturated carbocycles. The number of ether oxygens (including phenoxy) is 1. The normalized spacial score (nSPS) is 12.0. The fourth-order valence-electron chi connectivity index (χ4n) is 1.99. The van der Waals surface area contributed by atoms with E-state index in [0.29, 0.717) is 25.5 Å². The molecule has 2 amide bonds. The molecule has 0 aliphatic heterocycles. The van der Waals surface area contributed by atoms with E-state index in [1.165, 1.54) is 6.33 Å². The number of urea groups is 1. The van der Waals surface area contributed by atoms with Gasteiger partial charge in [0.15, 0.2) is 5.82 Å². The van der Waals surface area contributed by atoms with Crippen molar-refractivity contribution in [2.75, 3.05) is 20.8 Å². The van der Waals surface area contributed by atoms with Gasteiger partial charge >= 0.3 is 6.03 Å². The number of hydrogen-bond acceptors (Lipinski definition) is 6. The van der Waals surface area contributed by atoms with Crippen LogP contribution in [-0.2, 0) is 17.8 Å². The summed E-state index contributed by atoms with van der Waals surface area (Å²) < 4.78 is 6.88. The summed E-state index contributed by atoms with van der Waals surface area (Å²) in [4.78, 5) is 21.9. The third kappa shape index (κ3) is 4.46. The van der Waals surface area contributed by atoms with Gasteiger partial charge in [-0.1, -0.05) is 0 Å². The van der Waals surface area contributed by atoms with Crippen molar-refractivity contribution >= 4 is 6.03 Å². The topological polar surface area (TPSA) is 98.1 Å². The van der Waals surface area contributed by atoms with E-state index in [0.717, 1.165) is 5.69 Å². The molecule has 0 spiro atoms. The zero-order chi connectivity index (χ0) is 16.7. The van der Waals surface area contributed by atoms with E-state index in [4.69, 9.17) is 4.74 Å². The van der Waals surface area contributed by atoms with E-state index >= 15 is 0 Å². The molecule has 0 bridgehead atoms.